The first-order valence-corrected chi connectivity index (χ1v) is 21.5. The molecular weight excluding hydrogens is 541 g/mol. The van der Waals surface area contributed by atoms with E-state index in [1.807, 2.05) is 12.4 Å². The number of rotatable bonds is 22. The van der Waals surface area contributed by atoms with Crippen molar-refractivity contribution in [3.8, 4) is 0 Å². The van der Waals surface area contributed by atoms with Gasteiger partial charge in [0, 0.05) is 23.2 Å². The number of hydrogen-bond acceptors (Lipinski definition) is 2. The minimum Gasteiger partial charge on any atom is -0.254 e. The highest BCUT2D eigenvalue weighted by atomic mass is 28.3. The van der Waals surface area contributed by atoms with Crippen LogP contribution >= 0.6 is 0 Å². The highest BCUT2D eigenvalue weighted by molar-refractivity contribution is 6.81. The van der Waals surface area contributed by atoms with Gasteiger partial charge >= 0.3 is 0 Å². The zero-order chi connectivity index (χ0) is 30.3. The van der Waals surface area contributed by atoms with Crippen LogP contribution in [0.3, 0.4) is 0 Å². The normalized spacial score (nSPS) is 11.8. The molecular formula is C38H52N2Si2. The van der Waals surface area contributed by atoms with Crippen molar-refractivity contribution in [2.24, 2.45) is 0 Å². The average molecular weight is 593 g/mol. The second-order valence-electron chi connectivity index (χ2n) is 12.2. The molecule has 0 aliphatic rings. The lowest BCUT2D eigenvalue weighted by Gasteiger charge is -2.28. The lowest BCUT2D eigenvalue weighted by Crippen LogP contribution is -2.31. The molecule has 0 bridgehead atoms. The van der Waals surface area contributed by atoms with Gasteiger partial charge in [-0.2, -0.15) is 0 Å². The molecule has 0 aliphatic carbocycles. The quantitative estimate of drug-likeness (QED) is 0.0502. The van der Waals surface area contributed by atoms with E-state index in [4.69, 9.17) is 9.97 Å². The number of aromatic nitrogens is 2. The van der Waals surface area contributed by atoms with E-state index in [1.54, 1.807) is 0 Å². The van der Waals surface area contributed by atoms with E-state index in [2.05, 4.69) is 100 Å². The van der Waals surface area contributed by atoms with Crippen LogP contribution < -0.4 is 0 Å². The Balaban J connectivity index is 1.72. The van der Waals surface area contributed by atoms with Gasteiger partial charge in [0.25, 0.3) is 0 Å². The van der Waals surface area contributed by atoms with Gasteiger partial charge in [0.05, 0.1) is 27.2 Å². The Morgan fingerprint density at radius 1 is 0.476 bits per heavy atom. The summed E-state index contributed by atoms with van der Waals surface area (Å²) in [6.45, 7) is 24.3. The lowest BCUT2D eigenvalue weighted by atomic mass is 9.98. The molecule has 0 aliphatic heterocycles. The van der Waals surface area contributed by atoms with Gasteiger partial charge in [0.1, 0.15) is 0 Å². The smallest absolute Gasteiger partial charge is 0.0967 e. The molecule has 0 fully saturated rings. The van der Waals surface area contributed by atoms with Gasteiger partial charge in [-0.1, -0.05) is 73.5 Å². The fourth-order valence-corrected chi connectivity index (χ4v) is 14.9. The minimum absolute atomic E-state index is 1.04. The predicted molar refractivity (Wildman–Crippen MR) is 194 cm³/mol. The minimum atomic E-state index is -1.46. The molecule has 222 valence electrons. The summed E-state index contributed by atoms with van der Waals surface area (Å²) in [4.78, 5) is 9.66. The molecule has 0 N–H and O–H groups in total. The summed E-state index contributed by atoms with van der Waals surface area (Å²) in [7, 11) is -2.91. The molecule has 1 aromatic carbocycles. The summed E-state index contributed by atoms with van der Waals surface area (Å²) < 4.78 is 0. The maximum atomic E-state index is 4.83. The van der Waals surface area contributed by atoms with Crippen molar-refractivity contribution in [1.29, 1.82) is 0 Å². The van der Waals surface area contributed by atoms with Crippen LogP contribution in [0.4, 0.5) is 0 Å². The second-order valence-corrected chi connectivity index (χ2v) is 21.6. The van der Waals surface area contributed by atoms with E-state index in [1.165, 1.54) is 59.7 Å². The molecule has 0 amide bonds. The van der Waals surface area contributed by atoms with Crippen LogP contribution in [0.15, 0.2) is 113 Å². The van der Waals surface area contributed by atoms with Crippen LogP contribution in [-0.2, 0) is 12.8 Å². The van der Waals surface area contributed by atoms with E-state index >= 15 is 0 Å². The maximum absolute atomic E-state index is 4.83. The largest absolute Gasteiger partial charge is 0.254 e. The first-order valence-electron chi connectivity index (χ1n) is 15.8. The molecule has 0 unspecified atom stereocenters. The molecule has 0 saturated heterocycles. The Kier molecular flexibility index (Phi) is 13.6. The van der Waals surface area contributed by atoms with Gasteiger partial charge in [0.2, 0.25) is 0 Å². The van der Waals surface area contributed by atoms with Crippen LogP contribution in [-0.4, -0.2) is 26.1 Å². The SMILES string of the molecule is C=CC[Si](CC=C)(CC=C)CCCCc1ccnc2c1ccc1c(CCCC[Si](CC=C)(CC=C)CC=C)ccnc12. The van der Waals surface area contributed by atoms with Gasteiger partial charge in [-0.25, -0.2) is 0 Å². The first kappa shape index (κ1) is 33.4. The summed E-state index contributed by atoms with van der Waals surface area (Å²) in [5.41, 5.74) is 4.83. The van der Waals surface area contributed by atoms with Crippen LogP contribution in [0.25, 0.3) is 21.8 Å². The maximum Gasteiger partial charge on any atom is 0.0967 e. The van der Waals surface area contributed by atoms with Crippen LogP contribution in [0, 0.1) is 0 Å². The molecule has 2 nitrogen and oxygen atoms in total. The molecule has 3 rings (SSSR count). The van der Waals surface area contributed by atoms with E-state index in [9.17, 15) is 0 Å². The van der Waals surface area contributed by atoms with E-state index < -0.39 is 16.1 Å². The van der Waals surface area contributed by atoms with Crippen LogP contribution in [0.5, 0.6) is 0 Å². The summed E-state index contributed by atoms with van der Waals surface area (Å²) >= 11 is 0. The van der Waals surface area contributed by atoms with Gasteiger partial charge in [0.15, 0.2) is 0 Å². The third-order valence-corrected chi connectivity index (χ3v) is 18.8. The Hall–Kier alpha value is -3.09. The van der Waals surface area contributed by atoms with Crippen LogP contribution in [0.2, 0.25) is 48.4 Å². The number of pyridine rings is 2. The number of nitrogens with zero attached hydrogens (tertiary/aromatic N) is 2. The Bertz CT molecular complexity index is 1210. The van der Waals surface area contributed by atoms with Crippen LogP contribution in [0.1, 0.15) is 36.8 Å². The van der Waals surface area contributed by atoms with Gasteiger partial charge < -0.3 is 0 Å². The van der Waals surface area contributed by atoms with E-state index in [0.717, 1.165) is 60.1 Å². The molecule has 42 heavy (non-hydrogen) atoms. The highest BCUT2D eigenvalue weighted by Crippen LogP contribution is 2.33. The highest BCUT2D eigenvalue weighted by Gasteiger charge is 2.29. The number of hydrogen-bond donors (Lipinski definition) is 0. The molecule has 2 heterocycles. The Morgan fingerprint density at radius 3 is 1.12 bits per heavy atom. The number of allylic oxidation sites excluding steroid dienone is 6. The number of aryl methyl sites for hydroxylation is 2. The summed E-state index contributed by atoms with van der Waals surface area (Å²) in [6, 6.07) is 18.4. The predicted octanol–water partition coefficient (Wildman–Crippen LogP) is 11.4. The molecule has 4 heteroatoms. The number of unbranched alkanes of at least 4 members (excludes halogenated alkanes) is 2. The molecule has 3 aromatic rings. The van der Waals surface area contributed by atoms with E-state index in [-0.39, 0.29) is 0 Å². The molecule has 2 aromatic heterocycles. The second kappa shape index (κ2) is 17.1. The van der Waals surface area contributed by atoms with Gasteiger partial charge in [-0.15, -0.1) is 39.5 Å². The summed E-state index contributed by atoms with van der Waals surface area (Å²) in [5.74, 6) is 0. The topological polar surface area (TPSA) is 25.8 Å². The fourth-order valence-electron chi connectivity index (χ4n) is 6.96. The van der Waals surface area contributed by atoms with Crippen molar-refractivity contribution in [2.45, 2.75) is 86.9 Å². The van der Waals surface area contributed by atoms with Crippen molar-refractivity contribution >= 4 is 38.0 Å². The van der Waals surface area contributed by atoms with Crippen molar-refractivity contribution < 1.29 is 0 Å². The standard InChI is InChI=1S/C38H52N2Si2/c1-7-25-41(26-8-2,27-9-3)31-15-13-17-33-21-23-39-37-35(33)19-20-36-34(22-24-40-38(36)37)18-14-16-32-42(28-10-4,29-11-5)30-12-6/h7-12,19-24H,1-6,13-18,25-32H2. The average Bonchev–Trinajstić information content (AvgIpc) is 2.98. The van der Waals surface area contributed by atoms with E-state index in [0.29, 0.717) is 0 Å². The molecule has 0 saturated carbocycles. The third-order valence-electron chi connectivity index (χ3n) is 9.07. The third kappa shape index (κ3) is 8.71. The lowest BCUT2D eigenvalue weighted by molar-refractivity contribution is 0.783. The molecule has 0 spiro atoms. The monoisotopic (exact) mass is 592 g/mol. The van der Waals surface area contributed by atoms with Crippen molar-refractivity contribution in [3.05, 3.63) is 124 Å². The molecule has 0 radical (unpaired) electrons. The molecule has 0 atom stereocenters. The van der Waals surface area contributed by atoms with Crippen molar-refractivity contribution in [2.75, 3.05) is 0 Å². The summed E-state index contributed by atoms with van der Waals surface area (Å²) in [5, 5.41) is 2.49. The Morgan fingerprint density at radius 2 is 0.810 bits per heavy atom. The number of fused-ring (bicyclic) bond motifs is 3. The van der Waals surface area contributed by atoms with Crippen molar-refractivity contribution in [3.63, 3.8) is 0 Å². The van der Waals surface area contributed by atoms with Gasteiger partial charge in [-0.05, 0) is 85.2 Å². The zero-order valence-electron chi connectivity index (χ0n) is 26.0. The first-order chi connectivity index (χ1) is 20.5. The van der Waals surface area contributed by atoms with Crippen molar-refractivity contribution in [1.82, 2.24) is 9.97 Å². The fraction of sp³-hybridized carbons (Fsp3) is 0.368. The zero-order valence-corrected chi connectivity index (χ0v) is 28.0. The Labute approximate surface area is 257 Å². The number of benzene rings is 1. The van der Waals surface area contributed by atoms with Gasteiger partial charge in [-0.3, -0.25) is 9.97 Å². The summed E-state index contributed by atoms with van der Waals surface area (Å²) in [6.07, 6.45) is 23.6.